The van der Waals surface area contributed by atoms with E-state index in [2.05, 4.69) is 5.92 Å². The smallest absolute Gasteiger partial charge is 0.336 e. The fourth-order valence-corrected chi connectivity index (χ4v) is 1.99. The maximum atomic E-state index is 11.2. The van der Waals surface area contributed by atoms with Crippen LogP contribution < -0.4 is 0 Å². The van der Waals surface area contributed by atoms with Crippen LogP contribution in [0.4, 0.5) is 0 Å². The Labute approximate surface area is 106 Å². The summed E-state index contributed by atoms with van der Waals surface area (Å²) in [6.45, 7) is 1.98. The monoisotopic (exact) mass is 236 g/mol. The van der Waals surface area contributed by atoms with E-state index in [0.29, 0.717) is 5.56 Å². The van der Waals surface area contributed by atoms with Gasteiger partial charge in [-0.05, 0) is 29.7 Å². The summed E-state index contributed by atoms with van der Waals surface area (Å²) in [5, 5.41) is 9.14. The minimum atomic E-state index is -1.00. The minimum Gasteiger partial charge on any atom is -0.478 e. The molecule has 0 aliphatic heterocycles. The van der Waals surface area contributed by atoms with Gasteiger partial charge in [-0.2, -0.15) is 0 Å². The zero-order chi connectivity index (χ0) is 13.1. The first kappa shape index (κ1) is 11.9. The maximum Gasteiger partial charge on any atom is 0.336 e. The molecular weight excluding hydrogens is 224 g/mol. The van der Waals surface area contributed by atoms with Gasteiger partial charge in [-0.1, -0.05) is 42.3 Å². The highest BCUT2D eigenvalue weighted by molar-refractivity contribution is 5.94. The first-order valence-electron chi connectivity index (χ1n) is 5.54. The fraction of sp³-hybridized carbons (Fsp3) is 0.0625. The minimum absolute atomic E-state index is 0.165. The van der Waals surface area contributed by atoms with Crippen molar-refractivity contribution in [3.8, 4) is 23.5 Å². The quantitative estimate of drug-likeness (QED) is 0.812. The third kappa shape index (κ3) is 1.99. The summed E-state index contributed by atoms with van der Waals surface area (Å²) in [5.41, 5.74) is 3.41. The number of carboxylic acids is 1. The number of carboxylic acid groups (broad SMARTS) is 1. The van der Waals surface area contributed by atoms with E-state index in [-0.39, 0.29) is 5.56 Å². The van der Waals surface area contributed by atoms with Gasteiger partial charge in [0.2, 0.25) is 0 Å². The number of benzene rings is 2. The molecule has 2 nitrogen and oxygen atoms in total. The van der Waals surface area contributed by atoms with Gasteiger partial charge in [0.1, 0.15) is 0 Å². The molecule has 0 heterocycles. The maximum absolute atomic E-state index is 11.2. The van der Waals surface area contributed by atoms with Crippen LogP contribution in [0.5, 0.6) is 0 Å². The molecule has 0 fully saturated rings. The lowest BCUT2D eigenvalue weighted by Gasteiger charge is -2.10. The molecule has 0 amide bonds. The molecule has 0 aliphatic rings. The molecule has 0 saturated heterocycles. The molecule has 0 aliphatic carbocycles. The summed E-state index contributed by atoms with van der Waals surface area (Å²) in [6, 6.07) is 12.9. The zero-order valence-corrected chi connectivity index (χ0v) is 9.97. The van der Waals surface area contributed by atoms with Gasteiger partial charge in [0.25, 0.3) is 0 Å². The summed E-state index contributed by atoms with van der Waals surface area (Å²) in [6.07, 6.45) is 5.46. The van der Waals surface area contributed by atoms with E-state index in [1.807, 2.05) is 37.3 Å². The summed E-state index contributed by atoms with van der Waals surface area (Å²) in [4.78, 5) is 11.2. The van der Waals surface area contributed by atoms with Crippen LogP contribution in [0.2, 0.25) is 0 Å². The molecule has 2 aromatic carbocycles. The van der Waals surface area contributed by atoms with Crippen molar-refractivity contribution in [1.29, 1.82) is 0 Å². The van der Waals surface area contributed by atoms with Crippen LogP contribution in [0, 0.1) is 19.3 Å². The Hall–Kier alpha value is -2.53. The summed E-state index contributed by atoms with van der Waals surface area (Å²) < 4.78 is 0. The van der Waals surface area contributed by atoms with Crippen molar-refractivity contribution in [1.82, 2.24) is 0 Å². The van der Waals surface area contributed by atoms with Crippen molar-refractivity contribution in [3.05, 3.63) is 59.2 Å². The highest BCUT2D eigenvalue weighted by Crippen LogP contribution is 2.28. The van der Waals surface area contributed by atoms with Gasteiger partial charge in [0, 0.05) is 5.56 Å². The second kappa shape index (κ2) is 4.77. The summed E-state index contributed by atoms with van der Waals surface area (Å²) in [5.74, 6) is 1.49. The number of hydrogen-bond donors (Lipinski definition) is 1. The molecule has 2 heteroatoms. The van der Waals surface area contributed by atoms with E-state index in [9.17, 15) is 4.79 Å². The lowest BCUT2D eigenvalue weighted by atomic mass is 9.93. The first-order valence-corrected chi connectivity index (χ1v) is 5.54. The average Bonchev–Trinajstić information content (AvgIpc) is 2.38. The third-order valence-corrected chi connectivity index (χ3v) is 2.87. The van der Waals surface area contributed by atoms with Gasteiger partial charge in [-0.3, -0.25) is 0 Å². The van der Waals surface area contributed by atoms with Crippen molar-refractivity contribution in [2.45, 2.75) is 6.92 Å². The molecule has 88 valence electrons. The first-order chi connectivity index (χ1) is 8.65. The predicted molar refractivity (Wildman–Crippen MR) is 71.5 cm³/mol. The molecule has 0 spiro atoms. The molecule has 0 bridgehead atoms. The predicted octanol–water partition coefficient (Wildman–Crippen LogP) is 3.34. The van der Waals surface area contributed by atoms with Crippen molar-refractivity contribution in [3.63, 3.8) is 0 Å². The van der Waals surface area contributed by atoms with Crippen LogP contribution in [-0.4, -0.2) is 11.1 Å². The Morgan fingerprint density at radius 1 is 1.11 bits per heavy atom. The van der Waals surface area contributed by atoms with Crippen LogP contribution in [0.3, 0.4) is 0 Å². The SMILES string of the molecule is C#Cc1c(C(=O)O)cccc1-c1ccccc1C. The van der Waals surface area contributed by atoms with Crippen LogP contribution in [-0.2, 0) is 0 Å². The third-order valence-electron chi connectivity index (χ3n) is 2.87. The molecule has 2 rings (SSSR count). The lowest BCUT2D eigenvalue weighted by molar-refractivity contribution is 0.0696. The number of aromatic carboxylic acids is 1. The molecule has 0 saturated carbocycles. The average molecular weight is 236 g/mol. The molecule has 1 N–H and O–H groups in total. The second-order valence-corrected chi connectivity index (χ2v) is 3.99. The summed E-state index contributed by atoms with van der Waals surface area (Å²) in [7, 11) is 0. The van der Waals surface area contributed by atoms with Crippen molar-refractivity contribution in [2.75, 3.05) is 0 Å². The van der Waals surface area contributed by atoms with Gasteiger partial charge >= 0.3 is 5.97 Å². The number of rotatable bonds is 2. The number of terminal acetylenes is 1. The van der Waals surface area contributed by atoms with E-state index in [0.717, 1.165) is 16.7 Å². The molecular formula is C16H12O2. The van der Waals surface area contributed by atoms with Gasteiger partial charge in [0.05, 0.1) is 5.56 Å². The number of aryl methyl sites for hydroxylation is 1. The zero-order valence-electron chi connectivity index (χ0n) is 9.97. The Bertz CT molecular complexity index is 648. The lowest BCUT2D eigenvalue weighted by Crippen LogP contribution is -2.01. The van der Waals surface area contributed by atoms with Crippen LogP contribution >= 0.6 is 0 Å². The van der Waals surface area contributed by atoms with E-state index in [1.54, 1.807) is 6.07 Å². The fourth-order valence-electron chi connectivity index (χ4n) is 1.99. The van der Waals surface area contributed by atoms with Crippen molar-refractivity contribution >= 4 is 5.97 Å². The largest absolute Gasteiger partial charge is 0.478 e. The van der Waals surface area contributed by atoms with E-state index >= 15 is 0 Å². The Kier molecular flexibility index (Phi) is 3.16. The molecule has 2 aromatic rings. The van der Waals surface area contributed by atoms with E-state index < -0.39 is 5.97 Å². The van der Waals surface area contributed by atoms with Crippen molar-refractivity contribution < 1.29 is 9.90 Å². The Morgan fingerprint density at radius 2 is 1.78 bits per heavy atom. The van der Waals surface area contributed by atoms with Gasteiger partial charge in [-0.25, -0.2) is 4.79 Å². The summed E-state index contributed by atoms with van der Waals surface area (Å²) >= 11 is 0. The molecule has 0 atom stereocenters. The molecule has 0 unspecified atom stereocenters. The number of hydrogen-bond acceptors (Lipinski definition) is 1. The second-order valence-electron chi connectivity index (χ2n) is 3.99. The van der Waals surface area contributed by atoms with Gasteiger partial charge in [-0.15, -0.1) is 6.42 Å². The van der Waals surface area contributed by atoms with E-state index in [4.69, 9.17) is 11.5 Å². The normalized spacial score (nSPS) is 9.78. The molecule has 0 aromatic heterocycles. The van der Waals surface area contributed by atoms with Gasteiger partial charge < -0.3 is 5.11 Å². The standard InChI is InChI=1S/C16H12O2/c1-3-12-14(9-6-10-15(12)16(17)18)13-8-5-4-7-11(13)2/h1,4-10H,2H3,(H,17,18). The molecule has 0 radical (unpaired) electrons. The topological polar surface area (TPSA) is 37.3 Å². The van der Waals surface area contributed by atoms with Crippen LogP contribution in [0.1, 0.15) is 21.5 Å². The van der Waals surface area contributed by atoms with E-state index in [1.165, 1.54) is 6.07 Å². The van der Waals surface area contributed by atoms with Gasteiger partial charge in [0.15, 0.2) is 0 Å². The highest BCUT2D eigenvalue weighted by atomic mass is 16.4. The van der Waals surface area contributed by atoms with Crippen LogP contribution in [0.15, 0.2) is 42.5 Å². The number of carbonyl (C=O) groups is 1. The van der Waals surface area contributed by atoms with Crippen LogP contribution in [0.25, 0.3) is 11.1 Å². The highest BCUT2D eigenvalue weighted by Gasteiger charge is 2.14. The van der Waals surface area contributed by atoms with Crippen molar-refractivity contribution in [2.24, 2.45) is 0 Å². The molecule has 18 heavy (non-hydrogen) atoms. The Balaban J connectivity index is 2.74. The Morgan fingerprint density at radius 3 is 2.39 bits per heavy atom.